The second kappa shape index (κ2) is 7.11. The standard InChI is InChI=1S/C14H21N5O2.ClH/c1-18-9-11(8-16-18)19-6-4-12(14(19)21)17-13(20)10-3-2-5-15-7-10;/h8-10,12,15H,2-7H2,1H3,(H,17,20);1H. The fourth-order valence-electron chi connectivity index (χ4n) is 2.98. The Kier molecular flexibility index (Phi) is 5.42. The number of aryl methyl sites for hydroxylation is 1. The van der Waals surface area contributed by atoms with Gasteiger partial charge in [-0.15, -0.1) is 12.4 Å². The molecule has 0 bridgehead atoms. The van der Waals surface area contributed by atoms with E-state index in [0.717, 1.165) is 25.1 Å². The molecule has 2 aliphatic rings. The van der Waals surface area contributed by atoms with Crippen molar-refractivity contribution < 1.29 is 9.59 Å². The summed E-state index contributed by atoms with van der Waals surface area (Å²) < 4.78 is 1.67. The number of nitrogens with one attached hydrogen (secondary N) is 2. The highest BCUT2D eigenvalue weighted by Crippen LogP contribution is 2.21. The first-order valence-corrected chi connectivity index (χ1v) is 7.46. The van der Waals surface area contributed by atoms with Crippen LogP contribution in [0.4, 0.5) is 5.69 Å². The summed E-state index contributed by atoms with van der Waals surface area (Å²) in [6.07, 6.45) is 6.05. The van der Waals surface area contributed by atoms with Crippen LogP contribution in [0.25, 0.3) is 0 Å². The minimum atomic E-state index is -0.403. The predicted molar refractivity (Wildman–Crippen MR) is 85.0 cm³/mol. The fourth-order valence-corrected chi connectivity index (χ4v) is 2.98. The van der Waals surface area contributed by atoms with E-state index >= 15 is 0 Å². The van der Waals surface area contributed by atoms with Crippen molar-refractivity contribution in [3.05, 3.63) is 12.4 Å². The average molecular weight is 328 g/mol. The van der Waals surface area contributed by atoms with E-state index in [-0.39, 0.29) is 30.1 Å². The summed E-state index contributed by atoms with van der Waals surface area (Å²) in [6, 6.07) is -0.403. The Morgan fingerprint density at radius 3 is 2.91 bits per heavy atom. The fraction of sp³-hybridized carbons (Fsp3) is 0.643. The molecule has 2 aliphatic heterocycles. The van der Waals surface area contributed by atoms with Crippen molar-refractivity contribution in [3.8, 4) is 0 Å². The van der Waals surface area contributed by atoms with E-state index < -0.39 is 6.04 Å². The number of halogens is 1. The molecule has 2 N–H and O–H groups in total. The minimum Gasteiger partial charge on any atom is -0.344 e. The van der Waals surface area contributed by atoms with Crippen molar-refractivity contribution in [3.63, 3.8) is 0 Å². The van der Waals surface area contributed by atoms with Gasteiger partial charge in [0, 0.05) is 26.3 Å². The van der Waals surface area contributed by atoms with Gasteiger partial charge in [0.2, 0.25) is 11.8 Å². The van der Waals surface area contributed by atoms with Gasteiger partial charge in [-0.25, -0.2) is 0 Å². The molecule has 2 unspecified atom stereocenters. The number of hydrogen-bond donors (Lipinski definition) is 2. The molecular formula is C14H22ClN5O2. The number of carbonyl (C=O) groups excluding carboxylic acids is 2. The number of nitrogens with zero attached hydrogens (tertiary/aromatic N) is 3. The van der Waals surface area contributed by atoms with Crippen molar-refractivity contribution >= 4 is 29.9 Å². The molecule has 2 fully saturated rings. The topological polar surface area (TPSA) is 79.3 Å². The first-order valence-electron chi connectivity index (χ1n) is 7.46. The first-order chi connectivity index (χ1) is 10.1. The minimum absolute atomic E-state index is 0. The van der Waals surface area contributed by atoms with E-state index in [4.69, 9.17) is 0 Å². The number of hydrogen-bond acceptors (Lipinski definition) is 4. The predicted octanol–water partition coefficient (Wildman–Crippen LogP) is 0.0630. The zero-order chi connectivity index (χ0) is 14.8. The van der Waals surface area contributed by atoms with Crippen LogP contribution in [0, 0.1) is 5.92 Å². The Morgan fingerprint density at radius 1 is 1.45 bits per heavy atom. The number of carbonyl (C=O) groups is 2. The zero-order valence-electron chi connectivity index (χ0n) is 12.6. The van der Waals surface area contributed by atoms with E-state index in [9.17, 15) is 9.59 Å². The van der Waals surface area contributed by atoms with Gasteiger partial charge in [-0.1, -0.05) is 0 Å². The molecular weight excluding hydrogens is 306 g/mol. The van der Waals surface area contributed by atoms with Crippen LogP contribution in [0.5, 0.6) is 0 Å². The third-order valence-electron chi connectivity index (χ3n) is 4.19. The number of rotatable bonds is 3. The Hall–Kier alpha value is -1.60. The molecule has 0 radical (unpaired) electrons. The van der Waals surface area contributed by atoms with Crippen molar-refractivity contribution in [2.75, 3.05) is 24.5 Å². The lowest BCUT2D eigenvalue weighted by Gasteiger charge is -2.23. The quantitative estimate of drug-likeness (QED) is 0.823. The molecule has 122 valence electrons. The van der Waals surface area contributed by atoms with E-state index in [0.29, 0.717) is 19.5 Å². The zero-order valence-corrected chi connectivity index (χ0v) is 13.4. The summed E-state index contributed by atoms with van der Waals surface area (Å²) in [5.74, 6) is -0.0623. The van der Waals surface area contributed by atoms with Gasteiger partial charge in [0.1, 0.15) is 6.04 Å². The maximum atomic E-state index is 12.4. The number of aromatic nitrogens is 2. The maximum absolute atomic E-state index is 12.4. The molecule has 0 saturated carbocycles. The third-order valence-corrected chi connectivity index (χ3v) is 4.19. The molecule has 0 spiro atoms. The molecule has 2 amide bonds. The average Bonchev–Trinajstić information content (AvgIpc) is 3.07. The Balaban J connectivity index is 0.00000176. The SMILES string of the molecule is Cl.Cn1cc(N2CCC(NC(=O)C3CCCNC3)C2=O)cn1. The van der Waals surface area contributed by atoms with Gasteiger partial charge < -0.3 is 15.5 Å². The highest BCUT2D eigenvalue weighted by Gasteiger charge is 2.35. The summed E-state index contributed by atoms with van der Waals surface area (Å²) in [6.45, 7) is 2.30. The lowest BCUT2D eigenvalue weighted by Crippen LogP contribution is -2.47. The molecule has 3 heterocycles. The van der Waals surface area contributed by atoms with Crippen molar-refractivity contribution in [2.45, 2.75) is 25.3 Å². The number of anilines is 1. The van der Waals surface area contributed by atoms with Crippen LogP contribution in [0.1, 0.15) is 19.3 Å². The number of amides is 2. The molecule has 2 atom stereocenters. The summed E-state index contributed by atoms with van der Waals surface area (Å²) in [5.41, 5.74) is 0.790. The normalized spacial score (nSPS) is 25.0. The second-order valence-corrected chi connectivity index (χ2v) is 5.76. The van der Waals surface area contributed by atoms with E-state index in [1.54, 1.807) is 15.8 Å². The van der Waals surface area contributed by atoms with Crippen LogP contribution in [-0.4, -0.2) is 47.3 Å². The molecule has 1 aromatic rings. The van der Waals surface area contributed by atoms with Crippen LogP contribution in [0.3, 0.4) is 0 Å². The van der Waals surface area contributed by atoms with Crippen LogP contribution in [0.15, 0.2) is 12.4 Å². The summed E-state index contributed by atoms with van der Waals surface area (Å²) in [7, 11) is 1.82. The first kappa shape index (κ1) is 16.8. The molecule has 1 aromatic heterocycles. The van der Waals surface area contributed by atoms with E-state index in [2.05, 4.69) is 15.7 Å². The second-order valence-electron chi connectivity index (χ2n) is 5.76. The molecule has 8 heteroatoms. The van der Waals surface area contributed by atoms with Crippen LogP contribution in [0.2, 0.25) is 0 Å². The van der Waals surface area contributed by atoms with E-state index in [1.807, 2.05) is 13.2 Å². The van der Waals surface area contributed by atoms with Gasteiger partial charge in [0.15, 0.2) is 0 Å². The van der Waals surface area contributed by atoms with Crippen LogP contribution >= 0.6 is 12.4 Å². The van der Waals surface area contributed by atoms with E-state index in [1.165, 1.54) is 0 Å². The van der Waals surface area contributed by atoms with Crippen molar-refractivity contribution in [1.82, 2.24) is 20.4 Å². The monoisotopic (exact) mass is 327 g/mol. The summed E-state index contributed by atoms with van der Waals surface area (Å²) in [4.78, 5) is 26.3. The van der Waals surface area contributed by atoms with Crippen LogP contribution < -0.4 is 15.5 Å². The largest absolute Gasteiger partial charge is 0.344 e. The Morgan fingerprint density at radius 2 is 2.27 bits per heavy atom. The van der Waals surface area contributed by atoms with Crippen molar-refractivity contribution in [1.29, 1.82) is 0 Å². The Labute approximate surface area is 135 Å². The molecule has 2 saturated heterocycles. The molecule has 7 nitrogen and oxygen atoms in total. The van der Waals surface area contributed by atoms with Gasteiger partial charge in [-0.2, -0.15) is 5.10 Å². The lowest BCUT2D eigenvalue weighted by atomic mass is 9.98. The summed E-state index contributed by atoms with van der Waals surface area (Å²) in [5, 5.41) is 10.2. The highest BCUT2D eigenvalue weighted by atomic mass is 35.5. The van der Waals surface area contributed by atoms with Gasteiger partial charge in [0.05, 0.1) is 17.8 Å². The molecule has 0 aliphatic carbocycles. The maximum Gasteiger partial charge on any atom is 0.249 e. The number of piperidine rings is 1. The van der Waals surface area contributed by atoms with Crippen LogP contribution in [-0.2, 0) is 16.6 Å². The molecule has 3 rings (SSSR count). The lowest BCUT2D eigenvalue weighted by molar-refractivity contribution is -0.129. The molecule has 22 heavy (non-hydrogen) atoms. The van der Waals surface area contributed by atoms with Gasteiger partial charge in [-0.05, 0) is 25.8 Å². The van der Waals surface area contributed by atoms with Gasteiger partial charge in [0.25, 0.3) is 0 Å². The third kappa shape index (κ3) is 3.41. The van der Waals surface area contributed by atoms with Gasteiger partial charge in [-0.3, -0.25) is 14.3 Å². The summed E-state index contributed by atoms with van der Waals surface area (Å²) >= 11 is 0. The van der Waals surface area contributed by atoms with Crippen molar-refractivity contribution in [2.24, 2.45) is 13.0 Å². The smallest absolute Gasteiger partial charge is 0.249 e. The molecule has 0 aromatic carbocycles. The highest BCUT2D eigenvalue weighted by molar-refractivity contribution is 6.01. The Bertz CT molecular complexity index is 541. The van der Waals surface area contributed by atoms with Gasteiger partial charge >= 0.3 is 0 Å².